The van der Waals surface area contributed by atoms with Crippen LogP contribution in [-0.4, -0.2) is 60.2 Å². The third-order valence-electron chi connectivity index (χ3n) is 6.67. The summed E-state index contributed by atoms with van der Waals surface area (Å²) in [6.07, 6.45) is 12.2. The van der Waals surface area contributed by atoms with E-state index in [1.54, 1.807) is 0 Å². The molecule has 0 aromatic carbocycles. The smallest absolute Gasteiger partial charge is 0.0618 e. The Labute approximate surface area is 146 Å². The van der Waals surface area contributed by atoms with Gasteiger partial charge in [-0.05, 0) is 68.3 Å². The number of aromatic nitrogens is 1. The molecule has 1 saturated carbocycles. The summed E-state index contributed by atoms with van der Waals surface area (Å²) in [5, 5.41) is 0. The Kier molecular flexibility index (Phi) is 4.88. The molecular weight excluding hydrogens is 298 g/mol. The van der Waals surface area contributed by atoms with Crippen molar-refractivity contribution >= 4 is 0 Å². The van der Waals surface area contributed by atoms with Crippen LogP contribution in [0.3, 0.4) is 0 Å². The summed E-state index contributed by atoms with van der Waals surface area (Å²) in [4.78, 5) is 9.58. The maximum absolute atomic E-state index is 5.55. The van der Waals surface area contributed by atoms with E-state index in [1.807, 2.05) is 19.5 Å². The van der Waals surface area contributed by atoms with Crippen LogP contribution in [0.5, 0.6) is 0 Å². The summed E-state index contributed by atoms with van der Waals surface area (Å²) in [5.74, 6) is 0. The Hall–Kier alpha value is -0.970. The fourth-order valence-corrected chi connectivity index (χ4v) is 5.00. The lowest BCUT2D eigenvalue weighted by Crippen LogP contribution is -2.48. The van der Waals surface area contributed by atoms with Gasteiger partial charge in [0.05, 0.1) is 6.61 Å². The minimum Gasteiger partial charge on any atom is -0.383 e. The van der Waals surface area contributed by atoms with Gasteiger partial charge in [-0.2, -0.15) is 0 Å². The largest absolute Gasteiger partial charge is 0.383 e. The van der Waals surface area contributed by atoms with Crippen LogP contribution < -0.4 is 0 Å². The van der Waals surface area contributed by atoms with Gasteiger partial charge in [0, 0.05) is 44.7 Å². The molecule has 0 unspecified atom stereocenters. The monoisotopic (exact) mass is 329 g/mol. The lowest BCUT2D eigenvalue weighted by molar-refractivity contribution is 0.0462. The second-order valence-electron chi connectivity index (χ2n) is 8.19. The van der Waals surface area contributed by atoms with Crippen LogP contribution in [0.2, 0.25) is 0 Å². The van der Waals surface area contributed by atoms with Crippen LogP contribution in [0.1, 0.15) is 44.1 Å². The standard InChI is InChI=1S/C20H31N3O/c1-24-15-19-13-20(7-11-22(12-8-20)18-3-2-4-18)16-23(19)14-17-5-9-21-10-6-17/h5-6,9-10,18-19H,2-4,7-8,11-16H2,1H3/t19-/m1/s1. The maximum atomic E-state index is 5.55. The molecule has 24 heavy (non-hydrogen) atoms. The van der Waals surface area contributed by atoms with E-state index in [2.05, 4.69) is 26.9 Å². The molecular formula is C20H31N3O. The molecule has 3 aliphatic rings. The number of methoxy groups -OCH3 is 1. The van der Waals surface area contributed by atoms with E-state index < -0.39 is 0 Å². The number of nitrogens with zero attached hydrogens (tertiary/aromatic N) is 3. The topological polar surface area (TPSA) is 28.6 Å². The van der Waals surface area contributed by atoms with E-state index in [0.717, 1.165) is 19.2 Å². The van der Waals surface area contributed by atoms with Crippen molar-refractivity contribution in [1.82, 2.24) is 14.8 Å². The van der Waals surface area contributed by atoms with Gasteiger partial charge in [0.25, 0.3) is 0 Å². The zero-order chi connectivity index (χ0) is 16.4. The quantitative estimate of drug-likeness (QED) is 0.830. The fraction of sp³-hybridized carbons (Fsp3) is 0.750. The minimum absolute atomic E-state index is 0.524. The van der Waals surface area contributed by atoms with Gasteiger partial charge >= 0.3 is 0 Å². The lowest BCUT2D eigenvalue weighted by Gasteiger charge is -2.45. The Bertz CT molecular complexity index is 523. The van der Waals surface area contributed by atoms with E-state index >= 15 is 0 Å². The summed E-state index contributed by atoms with van der Waals surface area (Å²) in [7, 11) is 1.84. The van der Waals surface area contributed by atoms with E-state index in [1.165, 1.54) is 63.7 Å². The first-order valence-corrected chi connectivity index (χ1v) is 9.64. The first-order valence-electron chi connectivity index (χ1n) is 9.64. The number of likely N-dealkylation sites (tertiary alicyclic amines) is 2. The van der Waals surface area contributed by atoms with Gasteiger partial charge < -0.3 is 9.64 Å². The fourth-order valence-electron chi connectivity index (χ4n) is 5.00. The van der Waals surface area contributed by atoms with Crippen molar-refractivity contribution in [3.8, 4) is 0 Å². The molecule has 1 aromatic heterocycles. The normalized spacial score (nSPS) is 28.3. The van der Waals surface area contributed by atoms with Gasteiger partial charge in [0.1, 0.15) is 0 Å². The van der Waals surface area contributed by atoms with Gasteiger partial charge in [-0.25, -0.2) is 0 Å². The zero-order valence-corrected chi connectivity index (χ0v) is 15.0. The Morgan fingerprint density at radius 1 is 1.21 bits per heavy atom. The number of rotatable bonds is 5. The van der Waals surface area contributed by atoms with E-state index in [9.17, 15) is 0 Å². The van der Waals surface area contributed by atoms with Crippen LogP contribution >= 0.6 is 0 Å². The van der Waals surface area contributed by atoms with Crippen molar-refractivity contribution < 1.29 is 4.74 Å². The molecule has 0 radical (unpaired) electrons. The molecule has 1 aliphatic carbocycles. The first-order chi connectivity index (χ1) is 11.8. The highest BCUT2D eigenvalue weighted by Gasteiger charge is 2.46. The van der Waals surface area contributed by atoms with E-state index in [0.29, 0.717) is 11.5 Å². The summed E-state index contributed by atoms with van der Waals surface area (Å²) in [6.45, 7) is 5.76. The van der Waals surface area contributed by atoms with Crippen LogP contribution in [0.25, 0.3) is 0 Å². The maximum Gasteiger partial charge on any atom is 0.0618 e. The van der Waals surface area contributed by atoms with Crippen molar-refractivity contribution in [2.24, 2.45) is 5.41 Å². The number of piperidine rings is 1. The van der Waals surface area contributed by atoms with Crippen LogP contribution in [0, 0.1) is 5.41 Å². The number of pyridine rings is 1. The molecule has 1 atom stereocenters. The van der Waals surface area contributed by atoms with Crippen molar-refractivity contribution in [2.75, 3.05) is 33.4 Å². The molecule has 4 nitrogen and oxygen atoms in total. The van der Waals surface area contributed by atoms with Gasteiger partial charge in [0.2, 0.25) is 0 Å². The SMILES string of the molecule is COC[C@H]1CC2(CCN(C3CCC3)CC2)CN1Cc1ccncc1. The average molecular weight is 329 g/mol. The molecule has 3 heterocycles. The number of hydrogen-bond acceptors (Lipinski definition) is 4. The number of ether oxygens (including phenoxy) is 1. The first kappa shape index (κ1) is 16.5. The minimum atomic E-state index is 0.524. The highest BCUT2D eigenvalue weighted by Crippen LogP contribution is 2.45. The average Bonchev–Trinajstić information content (AvgIpc) is 2.87. The Morgan fingerprint density at radius 2 is 1.96 bits per heavy atom. The molecule has 0 amide bonds. The summed E-state index contributed by atoms with van der Waals surface area (Å²) < 4.78 is 5.55. The second kappa shape index (κ2) is 7.11. The predicted molar refractivity (Wildman–Crippen MR) is 95.8 cm³/mol. The summed E-state index contributed by atoms with van der Waals surface area (Å²) in [6, 6.07) is 5.77. The Morgan fingerprint density at radius 3 is 2.58 bits per heavy atom. The second-order valence-corrected chi connectivity index (χ2v) is 8.19. The number of hydrogen-bond donors (Lipinski definition) is 0. The lowest BCUT2D eigenvalue weighted by atomic mass is 9.75. The van der Waals surface area contributed by atoms with Crippen molar-refractivity contribution in [2.45, 2.75) is 57.2 Å². The van der Waals surface area contributed by atoms with Gasteiger partial charge in [-0.15, -0.1) is 0 Å². The third kappa shape index (κ3) is 3.37. The van der Waals surface area contributed by atoms with Crippen molar-refractivity contribution in [3.05, 3.63) is 30.1 Å². The molecule has 2 saturated heterocycles. The van der Waals surface area contributed by atoms with Gasteiger partial charge in [-0.1, -0.05) is 6.42 Å². The molecule has 1 spiro atoms. The molecule has 4 rings (SSSR count). The summed E-state index contributed by atoms with van der Waals surface area (Å²) >= 11 is 0. The molecule has 2 aliphatic heterocycles. The molecule has 1 aromatic rings. The van der Waals surface area contributed by atoms with Crippen molar-refractivity contribution in [1.29, 1.82) is 0 Å². The van der Waals surface area contributed by atoms with Crippen LogP contribution in [-0.2, 0) is 11.3 Å². The summed E-state index contributed by atoms with van der Waals surface area (Å²) in [5.41, 5.74) is 1.89. The third-order valence-corrected chi connectivity index (χ3v) is 6.67. The van der Waals surface area contributed by atoms with Gasteiger partial charge in [0.15, 0.2) is 0 Å². The van der Waals surface area contributed by atoms with Crippen LogP contribution in [0.15, 0.2) is 24.5 Å². The zero-order valence-electron chi connectivity index (χ0n) is 15.0. The van der Waals surface area contributed by atoms with Crippen molar-refractivity contribution in [3.63, 3.8) is 0 Å². The molecule has 132 valence electrons. The van der Waals surface area contributed by atoms with E-state index in [-0.39, 0.29) is 0 Å². The molecule has 0 N–H and O–H groups in total. The predicted octanol–water partition coefficient (Wildman–Crippen LogP) is 2.94. The van der Waals surface area contributed by atoms with Gasteiger partial charge in [-0.3, -0.25) is 9.88 Å². The molecule has 3 fully saturated rings. The Balaban J connectivity index is 1.40. The highest BCUT2D eigenvalue weighted by atomic mass is 16.5. The van der Waals surface area contributed by atoms with E-state index in [4.69, 9.17) is 4.74 Å². The highest BCUT2D eigenvalue weighted by molar-refractivity contribution is 5.11. The van der Waals surface area contributed by atoms with Crippen LogP contribution in [0.4, 0.5) is 0 Å². The molecule has 4 heteroatoms. The molecule has 0 bridgehead atoms.